The van der Waals surface area contributed by atoms with E-state index in [0.717, 1.165) is 39.4 Å². The maximum Gasteiger partial charge on any atom is 0.124 e. The van der Waals surface area contributed by atoms with E-state index < -0.39 is 0 Å². The van der Waals surface area contributed by atoms with Crippen molar-refractivity contribution in [2.45, 2.75) is 6.42 Å². The summed E-state index contributed by atoms with van der Waals surface area (Å²) in [7, 11) is 5.13. The standard InChI is InChI=1S/C22H22ClN5O2/c1-28-13-14(12-24-28)22-20(6-7-23)26-19-5-4-15(10-21(19)27-22)25-16-8-17(29-2)11-18(9-16)30-3/h4-5,8-13,25H,6-7H2,1-3H3. The van der Waals surface area contributed by atoms with Crippen LogP contribution in [0, 0.1) is 0 Å². The number of benzene rings is 2. The molecule has 0 fully saturated rings. The number of fused-ring (bicyclic) bond motifs is 1. The minimum Gasteiger partial charge on any atom is -0.497 e. The summed E-state index contributed by atoms with van der Waals surface area (Å²) >= 11 is 6.00. The second kappa shape index (κ2) is 8.59. The number of nitrogens with one attached hydrogen (secondary N) is 1. The third kappa shape index (κ3) is 4.16. The van der Waals surface area contributed by atoms with Gasteiger partial charge in [0, 0.05) is 60.7 Å². The molecule has 2 aromatic carbocycles. The van der Waals surface area contributed by atoms with Crippen LogP contribution in [0.4, 0.5) is 11.4 Å². The summed E-state index contributed by atoms with van der Waals surface area (Å²) in [6.45, 7) is 0. The molecule has 0 saturated heterocycles. The Bertz CT molecular complexity index is 1170. The van der Waals surface area contributed by atoms with Crippen LogP contribution >= 0.6 is 11.6 Å². The van der Waals surface area contributed by atoms with Crippen LogP contribution in [0.2, 0.25) is 0 Å². The first kappa shape index (κ1) is 20.0. The molecule has 0 amide bonds. The van der Waals surface area contributed by atoms with Crippen molar-refractivity contribution in [1.82, 2.24) is 19.7 Å². The fourth-order valence-electron chi connectivity index (χ4n) is 3.25. The Labute approximate surface area is 179 Å². The van der Waals surface area contributed by atoms with E-state index in [2.05, 4.69) is 10.4 Å². The van der Waals surface area contributed by atoms with Crippen molar-refractivity contribution in [3.8, 4) is 22.8 Å². The van der Waals surface area contributed by atoms with Gasteiger partial charge in [-0.25, -0.2) is 9.97 Å². The molecular weight excluding hydrogens is 402 g/mol. The van der Waals surface area contributed by atoms with Gasteiger partial charge in [0.15, 0.2) is 0 Å². The van der Waals surface area contributed by atoms with Crippen LogP contribution < -0.4 is 14.8 Å². The number of ether oxygens (including phenoxy) is 2. The lowest BCUT2D eigenvalue weighted by Gasteiger charge is -2.12. The minimum atomic E-state index is 0.477. The van der Waals surface area contributed by atoms with E-state index in [1.807, 2.05) is 49.6 Å². The Hall–Kier alpha value is -3.32. The third-order valence-electron chi connectivity index (χ3n) is 4.69. The number of hydrogen-bond acceptors (Lipinski definition) is 6. The third-order valence-corrected chi connectivity index (χ3v) is 4.88. The van der Waals surface area contributed by atoms with Gasteiger partial charge in [0.2, 0.25) is 0 Å². The van der Waals surface area contributed by atoms with Crippen LogP contribution in [0.3, 0.4) is 0 Å². The Balaban J connectivity index is 1.74. The highest BCUT2D eigenvalue weighted by atomic mass is 35.5. The second-order valence-electron chi connectivity index (χ2n) is 6.79. The number of aryl methyl sites for hydroxylation is 2. The summed E-state index contributed by atoms with van der Waals surface area (Å²) in [5, 5.41) is 7.64. The maximum atomic E-state index is 6.00. The molecule has 0 aliphatic heterocycles. The van der Waals surface area contributed by atoms with Gasteiger partial charge in [0.25, 0.3) is 0 Å². The first-order valence-corrected chi connectivity index (χ1v) is 9.99. The molecule has 0 aliphatic rings. The molecule has 0 aliphatic carbocycles. The molecule has 0 spiro atoms. The first-order chi connectivity index (χ1) is 14.6. The summed E-state index contributed by atoms with van der Waals surface area (Å²) in [5.41, 5.74) is 5.92. The van der Waals surface area contributed by atoms with Crippen molar-refractivity contribution in [2.75, 3.05) is 25.4 Å². The molecule has 0 saturated carbocycles. The lowest BCUT2D eigenvalue weighted by molar-refractivity contribution is 0.395. The van der Waals surface area contributed by atoms with Crippen molar-refractivity contribution < 1.29 is 9.47 Å². The molecule has 0 bridgehead atoms. The Kier molecular flexibility index (Phi) is 5.72. The van der Waals surface area contributed by atoms with E-state index in [-0.39, 0.29) is 0 Å². The van der Waals surface area contributed by atoms with Gasteiger partial charge in [-0.2, -0.15) is 5.10 Å². The molecule has 8 heteroatoms. The van der Waals surface area contributed by atoms with E-state index in [1.54, 1.807) is 25.1 Å². The van der Waals surface area contributed by atoms with E-state index >= 15 is 0 Å². The summed E-state index contributed by atoms with van der Waals surface area (Å²) < 4.78 is 12.4. The van der Waals surface area contributed by atoms with Gasteiger partial charge < -0.3 is 14.8 Å². The summed E-state index contributed by atoms with van der Waals surface area (Å²) in [6, 6.07) is 11.5. The quantitative estimate of drug-likeness (QED) is 0.439. The van der Waals surface area contributed by atoms with Crippen LogP contribution in [0.25, 0.3) is 22.3 Å². The van der Waals surface area contributed by atoms with Crippen molar-refractivity contribution in [3.05, 3.63) is 54.5 Å². The minimum absolute atomic E-state index is 0.477. The van der Waals surface area contributed by atoms with Crippen LogP contribution in [-0.4, -0.2) is 39.8 Å². The van der Waals surface area contributed by atoms with Gasteiger partial charge in [0.05, 0.1) is 42.8 Å². The Morgan fingerprint density at radius 1 is 0.967 bits per heavy atom. The zero-order valence-electron chi connectivity index (χ0n) is 17.0. The SMILES string of the molecule is COc1cc(Nc2ccc3nc(CCCl)c(-c4cnn(C)c4)nc3c2)cc(OC)c1. The number of rotatable bonds is 7. The molecule has 154 valence electrons. The number of methoxy groups -OCH3 is 2. The number of alkyl halides is 1. The van der Waals surface area contributed by atoms with Crippen LogP contribution in [-0.2, 0) is 13.5 Å². The van der Waals surface area contributed by atoms with Crippen molar-refractivity contribution in [3.63, 3.8) is 0 Å². The lowest BCUT2D eigenvalue weighted by atomic mass is 10.1. The number of anilines is 2. The number of aromatic nitrogens is 4. The molecule has 1 N–H and O–H groups in total. The summed E-state index contributed by atoms with van der Waals surface area (Å²) in [5.74, 6) is 1.90. The monoisotopic (exact) mass is 423 g/mol. The Morgan fingerprint density at radius 3 is 2.37 bits per heavy atom. The van der Waals surface area contributed by atoms with E-state index in [4.69, 9.17) is 31.0 Å². The molecule has 7 nitrogen and oxygen atoms in total. The first-order valence-electron chi connectivity index (χ1n) is 9.45. The average molecular weight is 424 g/mol. The molecular formula is C22H22ClN5O2. The second-order valence-corrected chi connectivity index (χ2v) is 7.17. The normalized spacial score (nSPS) is 10.9. The van der Waals surface area contributed by atoms with Crippen molar-refractivity contribution >= 4 is 34.0 Å². The molecule has 30 heavy (non-hydrogen) atoms. The van der Waals surface area contributed by atoms with Gasteiger partial charge in [0.1, 0.15) is 11.5 Å². The average Bonchev–Trinajstić information content (AvgIpc) is 3.19. The predicted molar refractivity (Wildman–Crippen MR) is 119 cm³/mol. The van der Waals surface area contributed by atoms with E-state index in [0.29, 0.717) is 23.8 Å². The highest BCUT2D eigenvalue weighted by molar-refractivity contribution is 6.18. The van der Waals surface area contributed by atoms with Gasteiger partial charge in [-0.15, -0.1) is 11.6 Å². The zero-order valence-corrected chi connectivity index (χ0v) is 17.8. The van der Waals surface area contributed by atoms with Crippen LogP contribution in [0.15, 0.2) is 48.8 Å². The zero-order chi connectivity index (χ0) is 21.1. The number of nitrogens with zero attached hydrogens (tertiary/aromatic N) is 4. The predicted octanol–water partition coefficient (Wildman–Crippen LogP) is 4.57. The highest BCUT2D eigenvalue weighted by Gasteiger charge is 2.13. The van der Waals surface area contributed by atoms with E-state index in [1.165, 1.54) is 0 Å². The molecule has 4 aromatic rings. The number of hydrogen-bond donors (Lipinski definition) is 1. The van der Waals surface area contributed by atoms with Crippen LogP contribution in [0.5, 0.6) is 11.5 Å². The van der Waals surface area contributed by atoms with Crippen molar-refractivity contribution in [1.29, 1.82) is 0 Å². The maximum absolute atomic E-state index is 6.00. The van der Waals surface area contributed by atoms with Gasteiger partial charge in [-0.3, -0.25) is 4.68 Å². The van der Waals surface area contributed by atoms with Crippen LogP contribution in [0.1, 0.15) is 5.69 Å². The van der Waals surface area contributed by atoms with Gasteiger partial charge >= 0.3 is 0 Å². The fraction of sp³-hybridized carbons (Fsp3) is 0.227. The molecule has 2 aromatic heterocycles. The molecule has 0 unspecified atom stereocenters. The molecule has 4 rings (SSSR count). The summed E-state index contributed by atoms with van der Waals surface area (Å²) in [6.07, 6.45) is 4.36. The van der Waals surface area contributed by atoms with Gasteiger partial charge in [-0.05, 0) is 18.2 Å². The number of halogens is 1. The van der Waals surface area contributed by atoms with Crippen molar-refractivity contribution in [2.24, 2.45) is 7.05 Å². The Morgan fingerprint density at radius 2 is 1.73 bits per heavy atom. The largest absolute Gasteiger partial charge is 0.497 e. The van der Waals surface area contributed by atoms with E-state index in [9.17, 15) is 0 Å². The lowest BCUT2D eigenvalue weighted by Crippen LogP contribution is -2.00. The molecule has 0 radical (unpaired) electrons. The topological polar surface area (TPSA) is 74.1 Å². The summed E-state index contributed by atoms with van der Waals surface area (Å²) in [4.78, 5) is 9.68. The fourth-order valence-corrected chi connectivity index (χ4v) is 3.43. The highest BCUT2D eigenvalue weighted by Crippen LogP contribution is 2.30. The molecule has 2 heterocycles. The van der Waals surface area contributed by atoms with Gasteiger partial charge in [-0.1, -0.05) is 0 Å². The smallest absolute Gasteiger partial charge is 0.124 e. The molecule has 0 atom stereocenters.